The number of rotatable bonds is 12. The van der Waals surface area contributed by atoms with Crippen LogP contribution in [0.2, 0.25) is 5.02 Å². The van der Waals surface area contributed by atoms with Gasteiger partial charge in [0, 0.05) is 17.2 Å². The number of aromatic hydroxyl groups is 1. The van der Waals surface area contributed by atoms with E-state index < -0.39 is 11.9 Å². The first-order valence-electron chi connectivity index (χ1n) is 19.3. The second kappa shape index (κ2) is 20.6. The van der Waals surface area contributed by atoms with E-state index in [9.17, 15) is 19.1 Å². The molecule has 6 aromatic rings. The molecule has 0 spiro atoms. The summed E-state index contributed by atoms with van der Waals surface area (Å²) in [7, 11) is 0. The number of halogens is 2. The molecule has 6 rings (SSSR count). The zero-order valence-electron chi connectivity index (χ0n) is 33.4. The van der Waals surface area contributed by atoms with E-state index in [-0.39, 0.29) is 11.6 Å². The summed E-state index contributed by atoms with van der Waals surface area (Å²) < 4.78 is 13.7. The van der Waals surface area contributed by atoms with Crippen molar-refractivity contribution in [2.75, 3.05) is 0 Å². The Morgan fingerprint density at radius 2 is 1.00 bits per heavy atom. The van der Waals surface area contributed by atoms with Gasteiger partial charge in [0.25, 0.3) is 0 Å². The van der Waals surface area contributed by atoms with Gasteiger partial charge in [-0.15, -0.1) is 0 Å². The molecule has 0 amide bonds. The van der Waals surface area contributed by atoms with Gasteiger partial charge >= 0.3 is 11.9 Å². The Bertz CT molecular complexity index is 2530. The number of phenols is 1. The van der Waals surface area contributed by atoms with Gasteiger partial charge in [0.15, 0.2) is 0 Å². The van der Waals surface area contributed by atoms with Crippen molar-refractivity contribution in [3.8, 4) is 5.75 Å². The predicted octanol–water partition coefficient (Wildman–Crippen LogP) is 13.4. The van der Waals surface area contributed by atoms with Crippen LogP contribution in [0, 0.1) is 19.7 Å². The SMILES string of the molecule is CC/C(=C(\c1ccc(C)cc1)c1ccc(/C=C/C(=O)O)cc1)c1ccc(F)cc1C.CC/C(=C(\c1ccc(O)cc1)c1ccc(/C=C/C(=O)O)cc1)c1ccccc1Cl. The highest BCUT2D eigenvalue weighted by atomic mass is 35.5. The van der Waals surface area contributed by atoms with Gasteiger partial charge in [0.1, 0.15) is 11.6 Å². The Morgan fingerprint density at radius 3 is 1.42 bits per heavy atom. The minimum atomic E-state index is -0.981. The van der Waals surface area contributed by atoms with Gasteiger partial charge in [-0.05, 0) is 142 Å². The van der Waals surface area contributed by atoms with Crippen molar-refractivity contribution in [3.63, 3.8) is 0 Å². The Labute approximate surface area is 350 Å². The van der Waals surface area contributed by atoms with Crippen LogP contribution in [0.25, 0.3) is 34.4 Å². The standard InChI is InChI=1S/C27H25FO2.C25H21ClO3/c1-4-24(25-15-14-23(28)17-19(25)3)27(21-10-5-18(2)6-11-21)22-12-7-20(8-13-22)9-16-26(29)30;1-2-21(22-5-3-4-6-23(22)26)25(19-12-14-20(27)15-13-19)18-10-7-17(8-11-18)9-16-24(28)29/h5-17H,4H2,1-3H3,(H,29,30);3-16,27H,2H2,1H3,(H,28,29)/b16-9+,27-24-;16-9+,25-21+. The first kappa shape index (κ1) is 43.4. The molecule has 0 aliphatic rings. The van der Waals surface area contributed by atoms with E-state index in [4.69, 9.17) is 21.8 Å². The Balaban J connectivity index is 0.000000224. The number of carbonyl (C=O) groups is 2. The molecular formula is C52H46ClFO5. The molecule has 0 saturated carbocycles. The van der Waals surface area contributed by atoms with Gasteiger partial charge < -0.3 is 15.3 Å². The maximum atomic E-state index is 13.7. The summed E-state index contributed by atoms with van der Waals surface area (Å²) in [6.07, 6.45) is 6.94. The summed E-state index contributed by atoms with van der Waals surface area (Å²) in [6.45, 7) is 8.18. The van der Waals surface area contributed by atoms with Crippen LogP contribution in [-0.2, 0) is 9.59 Å². The predicted molar refractivity (Wildman–Crippen MR) is 241 cm³/mol. The summed E-state index contributed by atoms with van der Waals surface area (Å²) >= 11 is 6.50. The molecule has 0 atom stereocenters. The molecule has 0 aromatic heterocycles. The van der Waals surface area contributed by atoms with E-state index in [1.54, 1.807) is 30.4 Å². The molecule has 0 unspecified atom stereocenters. The molecule has 0 fully saturated rings. The fourth-order valence-electron chi connectivity index (χ4n) is 6.91. The molecule has 59 heavy (non-hydrogen) atoms. The third-order valence-electron chi connectivity index (χ3n) is 9.75. The molecule has 3 N–H and O–H groups in total. The molecule has 6 aromatic carbocycles. The van der Waals surface area contributed by atoms with Gasteiger partial charge in [-0.25, -0.2) is 14.0 Å². The normalized spacial score (nSPS) is 12.1. The van der Waals surface area contributed by atoms with Crippen molar-refractivity contribution in [1.29, 1.82) is 0 Å². The first-order valence-corrected chi connectivity index (χ1v) is 19.6. The lowest BCUT2D eigenvalue weighted by atomic mass is 9.86. The zero-order valence-corrected chi connectivity index (χ0v) is 34.2. The number of hydrogen-bond acceptors (Lipinski definition) is 3. The van der Waals surface area contributed by atoms with Gasteiger partial charge in [-0.2, -0.15) is 0 Å². The highest BCUT2D eigenvalue weighted by Crippen LogP contribution is 2.38. The average molecular weight is 805 g/mol. The Kier molecular flexibility index (Phi) is 15.1. The quantitative estimate of drug-likeness (QED) is 0.0846. The first-order chi connectivity index (χ1) is 28.4. The average Bonchev–Trinajstić information content (AvgIpc) is 3.23. The maximum absolute atomic E-state index is 13.7. The number of aryl methyl sites for hydroxylation is 2. The Morgan fingerprint density at radius 1 is 0.576 bits per heavy atom. The highest BCUT2D eigenvalue weighted by Gasteiger charge is 2.17. The van der Waals surface area contributed by atoms with Crippen LogP contribution >= 0.6 is 11.6 Å². The largest absolute Gasteiger partial charge is 0.508 e. The summed E-state index contributed by atoms with van der Waals surface area (Å²) in [4.78, 5) is 21.5. The summed E-state index contributed by atoms with van der Waals surface area (Å²) in [6, 6.07) is 43.7. The van der Waals surface area contributed by atoms with Crippen molar-refractivity contribution >= 4 is 58.0 Å². The lowest BCUT2D eigenvalue weighted by Gasteiger charge is -2.18. The van der Waals surface area contributed by atoms with Crippen molar-refractivity contribution < 1.29 is 29.3 Å². The summed E-state index contributed by atoms with van der Waals surface area (Å²) in [5.74, 6) is -1.98. The third-order valence-corrected chi connectivity index (χ3v) is 10.1. The minimum absolute atomic E-state index is 0.207. The van der Waals surface area contributed by atoms with Crippen LogP contribution in [-0.4, -0.2) is 27.3 Å². The molecule has 5 nitrogen and oxygen atoms in total. The molecule has 7 heteroatoms. The van der Waals surface area contributed by atoms with Crippen LogP contribution in [0.4, 0.5) is 4.39 Å². The van der Waals surface area contributed by atoms with Crippen LogP contribution in [0.3, 0.4) is 0 Å². The number of aliphatic carboxylic acids is 2. The van der Waals surface area contributed by atoms with E-state index in [0.717, 1.165) is 97.4 Å². The van der Waals surface area contributed by atoms with Crippen molar-refractivity contribution in [2.45, 2.75) is 40.5 Å². The molecule has 298 valence electrons. The molecule has 0 aliphatic carbocycles. The summed E-state index contributed by atoms with van der Waals surface area (Å²) in [5.41, 5.74) is 14.1. The zero-order chi connectivity index (χ0) is 42.5. The van der Waals surface area contributed by atoms with Crippen LogP contribution < -0.4 is 0 Å². The highest BCUT2D eigenvalue weighted by molar-refractivity contribution is 6.32. The Hall–Kier alpha value is -6.76. The van der Waals surface area contributed by atoms with E-state index in [0.29, 0.717) is 5.02 Å². The molecular weight excluding hydrogens is 759 g/mol. The monoisotopic (exact) mass is 804 g/mol. The smallest absolute Gasteiger partial charge is 0.328 e. The van der Waals surface area contributed by atoms with Crippen LogP contribution in [0.15, 0.2) is 152 Å². The van der Waals surface area contributed by atoms with Crippen molar-refractivity contribution in [3.05, 3.63) is 218 Å². The number of hydrogen-bond donors (Lipinski definition) is 3. The second-order valence-electron chi connectivity index (χ2n) is 13.9. The maximum Gasteiger partial charge on any atom is 0.328 e. The minimum Gasteiger partial charge on any atom is -0.508 e. The van der Waals surface area contributed by atoms with Crippen LogP contribution in [0.5, 0.6) is 5.75 Å². The number of phenolic OH excluding ortho intramolecular Hbond substituents is 1. The van der Waals surface area contributed by atoms with E-state index >= 15 is 0 Å². The lowest BCUT2D eigenvalue weighted by Crippen LogP contribution is -1.98. The van der Waals surface area contributed by atoms with E-state index in [1.165, 1.54) is 11.6 Å². The van der Waals surface area contributed by atoms with Gasteiger partial charge in [-0.1, -0.05) is 140 Å². The van der Waals surface area contributed by atoms with Gasteiger partial charge in [0.2, 0.25) is 0 Å². The number of carboxylic acid groups (broad SMARTS) is 2. The van der Waals surface area contributed by atoms with Crippen molar-refractivity contribution in [2.24, 2.45) is 0 Å². The lowest BCUT2D eigenvalue weighted by molar-refractivity contribution is -0.132. The number of benzene rings is 6. The van der Waals surface area contributed by atoms with E-state index in [1.807, 2.05) is 97.9 Å². The molecule has 0 radical (unpaired) electrons. The fraction of sp³-hybridized carbons (Fsp3) is 0.115. The molecule has 0 aliphatic heterocycles. The fourth-order valence-corrected chi connectivity index (χ4v) is 7.16. The molecule has 0 heterocycles. The number of carboxylic acids is 2. The number of allylic oxidation sites excluding steroid dienone is 2. The second-order valence-corrected chi connectivity index (χ2v) is 14.3. The van der Waals surface area contributed by atoms with E-state index in [2.05, 4.69) is 45.0 Å². The summed E-state index contributed by atoms with van der Waals surface area (Å²) in [5, 5.41) is 28.1. The third kappa shape index (κ3) is 11.7. The topological polar surface area (TPSA) is 94.8 Å². The molecule has 0 bridgehead atoms. The van der Waals surface area contributed by atoms with Crippen molar-refractivity contribution in [1.82, 2.24) is 0 Å². The van der Waals surface area contributed by atoms with Gasteiger partial charge in [0.05, 0.1) is 0 Å². The van der Waals surface area contributed by atoms with Gasteiger partial charge in [-0.3, -0.25) is 0 Å². The molecule has 0 saturated heterocycles. The van der Waals surface area contributed by atoms with Crippen LogP contribution in [0.1, 0.15) is 82.3 Å².